The predicted molar refractivity (Wildman–Crippen MR) is 64.3 cm³/mol. The van der Waals surface area contributed by atoms with Crippen LogP contribution in [-0.2, 0) is 9.47 Å². The Bertz CT molecular complexity index is 149. The molecular formula is C12H27NO2. The topological polar surface area (TPSA) is 30.5 Å². The van der Waals surface area contributed by atoms with Crippen molar-refractivity contribution < 1.29 is 9.47 Å². The van der Waals surface area contributed by atoms with Gasteiger partial charge in [-0.25, -0.2) is 0 Å². The van der Waals surface area contributed by atoms with Gasteiger partial charge in [0.15, 0.2) is 0 Å². The summed E-state index contributed by atoms with van der Waals surface area (Å²) in [5, 5.41) is 3.47. The van der Waals surface area contributed by atoms with E-state index in [1.165, 1.54) is 0 Å². The molecule has 0 aliphatic heterocycles. The molecule has 1 N–H and O–H groups in total. The van der Waals surface area contributed by atoms with Crippen LogP contribution >= 0.6 is 0 Å². The first-order chi connectivity index (χ1) is 7.08. The van der Waals surface area contributed by atoms with Crippen LogP contribution in [0.4, 0.5) is 0 Å². The van der Waals surface area contributed by atoms with Crippen LogP contribution in [-0.4, -0.2) is 38.5 Å². The van der Waals surface area contributed by atoms with Crippen LogP contribution < -0.4 is 5.32 Å². The second-order valence-corrected chi connectivity index (χ2v) is 4.39. The predicted octanol–water partition coefficient (Wildman–Crippen LogP) is 2.21. The van der Waals surface area contributed by atoms with E-state index in [9.17, 15) is 0 Å². The van der Waals surface area contributed by atoms with Gasteiger partial charge in [0.1, 0.15) is 0 Å². The smallest absolute Gasteiger partial charge is 0.0797 e. The molecule has 15 heavy (non-hydrogen) atoms. The number of hydrogen-bond acceptors (Lipinski definition) is 3. The summed E-state index contributed by atoms with van der Waals surface area (Å²) in [6.07, 6.45) is 2.19. The fourth-order valence-corrected chi connectivity index (χ4v) is 1.31. The second-order valence-electron chi connectivity index (χ2n) is 4.39. The van der Waals surface area contributed by atoms with Gasteiger partial charge in [-0.3, -0.25) is 0 Å². The molecule has 0 radical (unpaired) electrons. The van der Waals surface area contributed by atoms with Crippen molar-refractivity contribution >= 4 is 0 Å². The Morgan fingerprint density at radius 2 is 1.87 bits per heavy atom. The van der Waals surface area contributed by atoms with Crippen molar-refractivity contribution in [1.82, 2.24) is 5.32 Å². The van der Waals surface area contributed by atoms with E-state index in [-0.39, 0.29) is 11.6 Å². The number of hydrogen-bond donors (Lipinski definition) is 1. The quantitative estimate of drug-likeness (QED) is 0.601. The van der Waals surface area contributed by atoms with Crippen molar-refractivity contribution in [3.63, 3.8) is 0 Å². The van der Waals surface area contributed by atoms with Gasteiger partial charge in [-0.05, 0) is 33.2 Å². The maximum absolute atomic E-state index is 5.59. The molecule has 0 heterocycles. The van der Waals surface area contributed by atoms with Crippen LogP contribution in [0.1, 0.15) is 40.5 Å². The van der Waals surface area contributed by atoms with E-state index >= 15 is 0 Å². The molecule has 0 aliphatic rings. The summed E-state index contributed by atoms with van der Waals surface area (Å²) < 4.78 is 11.1. The van der Waals surface area contributed by atoms with Crippen LogP contribution in [0.5, 0.6) is 0 Å². The molecule has 0 rings (SSSR count). The molecule has 3 heteroatoms. The Morgan fingerprint density at radius 1 is 1.20 bits per heavy atom. The first-order valence-electron chi connectivity index (χ1n) is 5.94. The molecule has 0 aromatic heterocycles. The highest BCUT2D eigenvalue weighted by atomic mass is 16.5. The molecule has 0 aliphatic carbocycles. The summed E-state index contributed by atoms with van der Waals surface area (Å²) in [6, 6.07) is 0.258. The molecule has 0 saturated heterocycles. The monoisotopic (exact) mass is 217 g/mol. The number of ether oxygens (including phenoxy) is 2. The minimum atomic E-state index is -0.178. The van der Waals surface area contributed by atoms with E-state index in [2.05, 4.69) is 33.0 Å². The fraction of sp³-hybridized carbons (Fsp3) is 1.00. The third kappa shape index (κ3) is 6.13. The lowest BCUT2D eigenvalue weighted by molar-refractivity contribution is -0.0385. The summed E-state index contributed by atoms with van der Waals surface area (Å²) in [4.78, 5) is 0. The standard InChI is InChI=1S/C12H27NO2/c1-6-8-13-11(10-15-9-7-2)12(3,4)14-5/h11,13H,6-10H2,1-5H3. The van der Waals surface area contributed by atoms with E-state index in [1.807, 2.05) is 0 Å². The molecule has 0 saturated carbocycles. The SMILES string of the molecule is CCCNC(COCCC)C(C)(C)OC. The van der Waals surface area contributed by atoms with Crippen molar-refractivity contribution in [3.8, 4) is 0 Å². The molecule has 92 valence electrons. The highest BCUT2D eigenvalue weighted by molar-refractivity contribution is 4.85. The third-order valence-corrected chi connectivity index (χ3v) is 2.64. The van der Waals surface area contributed by atoms with E-state index < -0.39 is 0 Å². The van der Waals surface area contributed by atoms with Crippen LogP contribution in [0, 0.1) is 0 Å². The number of rotatable bonds is 9. The second kappa shape index (κ2) is 8.08. The van der Waals surface area contributed by atoms with Gasteiger partial charge in [-0.1, -0.05) is 13.8 Å². The summed E-state index contributed by atoms with van der Waals surface area (Å²) in [5.41, 5.74) is -0.178. The van der Waals surface area contributed by atoms with Crippen molar-refractivity contribution in [1.29, 1.82) is 0 Å². The molecular weight excluding hydrogens is 190 g/mol. The van der Waals surface area contributed by atoms with E-state index in [4.69, 9.17) is 9.47 Å². The van der Waals surface area contributed by atoms with Crippen molar-refractivity contribution in [3.05, 3.63) is 0 Å². The van der Waals surface area contributed by atoms with Crippen molar-refractivity contribution in [2.24, 2.45) is 0 Å². The van der Waals surface area contributed by atoms with Gasteiger partial charge >= 0.3 is 0 Å². The first kappa shape index (κ1) is 14.9. The lowest BCUT2D eigenvalue weighted by atomic mass is 9.99. The number of methoxy groups -OCH3 is 1. The molecule has 0 aromatic rings. The van der Waals surface area contributed by atoms with Gasteiger partial charge in [0.05, 0.1) is 18.2 Å². The van der Waals surface area contributed by atoms with Gasteiger partial charge in [-0.15, -0.1) is 0 Å². The molecule has 0 spiro atoms. The van der Waals surface area contributed by atoms with Gasteiger partial charge < -0.3 is 14.8 Å². The summed E-state index contributed by atoms with van der Waals surface area (Å²) in [6.45, 7) is 11.0. The zero-order chi connectivity index (χ0) is 11.7. The van der Waals surface area contributed by atoms with Gasteiger partial charge in [0.25, 0.3) is 0 Å². The van der Waals surface area contributed by atoms with E-state index in [1.54, 1.807) is 7.11 Å². The molecule has 0 fully saturated rings. The molecule has 1 unspecified atom stereocenters. The van der Waals surface area contributed by atoms with E-state index in [0.29, 0.717) is 6.61 Å². The minimum absolute atomic E-state index is 0.178. The lowest BCUT2D eigenvalue weighted by Gasteiger charge is -2.33. The molecule has 1 atom stereocenters. The molecule has 0 aromatic carbocycles. The van der Waals surface area contributed by atoms with E-state index in [0.717, 1.165) is 26.0 Å². The fourth-order valence-electron chi connectivity index (χ4n) is 1.31. The molecule has 0 bridgehead atoms. The normalized spacial score (nSPS) is 14.2. The Balaban J connectivity index is 4.05. The zero-order valence-corrected chi connectivity index (χ0v) is 10.9. The van der Waals surface area contributed by atoms with Crippen molar-refractivity contribution in [2.45, 2.75) is 52.2 Å². The maximum Gasteiger partial charge on any atom is 0.0797 e. The third-order valence-electron chi connectivity index (χ3n) is 2.64. The van der Waals surface area contributed by atoms with Gasteiger partial charge in [0, 0.05) is 13.7 Å². The highest BCUT2D eigenvalue weighted by Gasteiger charge is 2.28. The lowest BCUT2D eigenvalue weighted by Crippen LogP contribution is -2.51. The maximum atomic E-state index is 5.59. The van der Waals surface area contributed by atoms with Crippen LogP contribution in [0.2, 0.25) is 0 Å². The molecule has 0 amide bonds. The van der Waals surface area contributed by atoms with Crippen LogP contribution in [0.15, 0.2) is 0 Å². The largest absolute Gasteiger partial charge is 0.380 e. The van der Waals surface area contributed by atoms with Crippen LogP contribution in [0.25, 0.3) is 0 Å². The Morgan fingerprint density at radius 3 is 2.33 bits per heavy atom. The van der Waals surface area contributed by atoms with Gasteiger partial charge in [0.2, 0.25) is 0 Å². The highest BCUT2D eigenvalue weighted by Crippen LogP contribution is 2.14. The van der Waals surface area contributed by atoms with Crippen molar-refractivity contribution in [2.75, 3.05) is 26.9 Å². The summed E-state index contributed by atoms with van der Waals surface area (Å²) >= 11 is 0. The summed E-state index contributed by atoms with van der Waals surface area (Å²) in [5.74, 6) is 0. The molecule has 3 nitrogen and oxygen atoms in total. The summed E-state index contributed by atoms with van der Waals surface area (Å²) in [7, 11) is 1.75. The first-order valence-corrected chi connectivity index (χ1v) is 5.94. The minimum Gasteiger partial charge on any atom is -0.380 e. The Kier molecular flexibility index (Phi) is 8.02. The Labute approximate surface area is 94.5 Å². The Hall–Kier alpha value is -0.120. The van der Waals surface area contributed by atoms with Gasteiger partial charge in [-0.2, -0.15) is 0 Å². The van der Waals surface area contributed by atoms with Crippen LogP contribution in [0.3, 0.4) is 0 Å². The average molecular weight is 217 g/mol. The number of nitrogens with one attached hydrogen (secondary N) is 1. The zero-order valence-electron chi connectivity index (χ0n) is 10.9. The average Bonchev–Trinajstić information content (AvgIpc) is 2.23.